The minimum absolute atomic E-state index is 0.190. The molecular formula is C17H18FN3O2S. The summed E-state index contributed by atoms with van der Waals surface area (Å²) in [5.41, 5.74) is 4.72. The van der Waals surface area contributed by atoms with Crippen LogP contribution in [0.5, 0.6) is 11.5 Å². The fourth-order valence-electron chi connectivity index (χ4n) is 1.95. The number of hydrogen-bond acceptors (Lipinski definition) is 4. The standard InChI is InChI=1S/C17H18FN3O2S/c1-11(12-7-8-16(23-3)15(18)9-12)20-21-17(24)19-13-5-4-6-14(10-13)22-2/h4-10H,1-3H3,(H2,19,21,24)/b20-11-. The number of thiocarbonyl (C=S) groups is 1. The van der Waals surface area contributed by atoms with Crippen LogP contribution in [0.1, 0.15) is 12.5 Å². The van der Waals surface area contributed by atoms with Crippen molar-refractivity contribution >= 4 is 28.7 Å². The lowest BCUT2D eigenvalue weighted by Crippen LogP contribution is -2.25. The molecule has 0 fully saturated rings. The van der Waals surface area contributed by atoms with E-state index in [1.807, 2.05) is 24.3 Å². The van der Waals surface area contributed by atoms with Gasteiger partial charge in [-0.15, -0.1) is 0 Å². The fraction of sp³-hybridized carbons (Fsp3) is 0.176. The lowest BCUT2D eigenvalue weighted by atomic mass is 10.1. The van der Waals surface area contributed by atoms with E-state index in [1.165, 1.54) is 13.2 Å². The predicted molar refractivity (Wildman–Crippen MR) is 97.5 cm³/mol. The number of anilines is 1. The van der Waals surface area contributed by atoms with Crippen LogP contribution in [-0.4, -0.2) is 25.0 Å². The van der Waals surface area contributed by atoms with Gasteiger partial charge in [0.05, 0.1) is 19.9 Å². The Labute approximate surface area is 145 Å². The van der Waals surface area contributed by atoms with Gasteiger partial charge in [-0.05, 0) is 49.5 Å². The van der Waals surface area contributed by atoms with E-state index in [9.17, 15) is 4.39 Å². The summed E-state index contributed by atoms with van der Waals surface area (Å²) in [6.07, 6.45) is 0. The maximum atomic E-state index is 13.7. The van der Waals surface area contributed by atoms with E-state index in [0.29, 0.717) is 16.4 Å². The van der Waals surface area contributed by atoms with Crippen LogP contribution in [0.3, 0.4) is 0 Å². The number of nitrogens with zero attached hydrogens (tertiary/aromatic N) is 1. The van der Waals surface area contributed by atoms with Crippen molar-refractivity contribution in [1.29, 1.82) is 0 Å². The summed E-state index contributed by atoms with van der Waals surface area (Å²) in [6, 6.07) is 12.0. The molecule has 0 aliphatic carbocycles. The van der Waals surface area contributed by atoms with Gasteiger partial charge in [-0.2, -0.15) is 5.10 Å². The van der Waals surface area contributed by atoms with E-state index in [2.05, 4.69) is 15.8 Å². The Hall–Kier alpha value is -2.67. The third-order valence-electron chi connectivity index (χ3n) is 3.22. The molecule has 126 valence electrons. The first-order chi connectivity index (χ1) is 11.5. The Balaban J connectivity index is 2.01. The molecule has 0 aliphatic rings. The van der Waals surface area contributed by atoms with Crippen LogP contribution in [0.25, 0.3) is 0 Å². The van der Waals surface area contributed by atoms with Gasteiger partial charge in [0.15, 0.2) is 16.7 Å². The zero-order valence-electron chi connectivity index (χ0n) is 13.6. The van der Waals surface area contributed by atoms with Crippen LogP contribution < -0.4 is 20.2 Å². The number of hydrogen-bond donors (Lipinski definition) is 2. The maximum absolute atomic E-state index is 13.7. The first-order valence-electron chi connectivity index (χ1n) is 7.12. The molecule has 0 atom stereocenters. The molecule has 24 heavy (non-hydrogen) atoms. The molecule has 0 saturated heterocycles. The van der Waals surface area contributed by atoms with Crippen molar-refractivity contribution in [2.75, 3.05) is 19.5 Å². The smallest absolute Gasteiger partial charge is 0.191 e. The monoisotopic (exact) mass is 347 g/mol. The van der Waals surface area contributed by atoms with Gasteiger partial charge in [-0.3, -0.25) is 5.43 Å². The Morgan fingerprint density at radius 2 is 1.92 bits per heavy atom. The Bertz CT molecular complexity index is 765. The summed E-state index contributed by atoms with van der Waals surface area (Å²) in [6.45, 7) is 1.75. The van der Waals surface area contributed by atoms with E-state index in [-0.39, 0.29) is 5.75 Å². The van der Waals surface area contributed by atoms with Gasteiger partial charge in [0.25, 0.3) is 0 Å². The fourth-order valence-corrected chi connectivity index (χ4v) is 2.11. The summed E-state index contributed by atoms with van der Waals surface area (Å²) in [5, 5.41) is 7.46. The van der Waals surface area contributed by atoms with Gasteiger partial charge in [0.2, 0.25) is 0 Å². The van der Waals surface area contributed by atoms with Gasteiger partial charge >= 0.3 is 0 Å². The second kappa shape index (κ2) is 8.26. The van der Waals surface area contributed by atoms with Gasteiger partial charge in [0.1, 0.15) is 5.75 Å². The molecule has 5 nitrogen and oxygen atoms in total. The second-order valence-corrected chi connectivity index (χ2v) is 5.25. The highest BCUT2D eigenvalue weighted by Gasteiger charge is 2.06. The minimum atomic E-state index is -0.443. The highest BCUT2D eigenvalue weighted by Crippen LogP contribution is 2.18. The van der Waals surface area contributed by atoms with E-state index in [0.717, 1.165) is 11.4 Å². The van der Waals surface area contributed by atoms with Gasteiger partial charge in [0, 0.05) is 17.3 Å². The molecule has 0 unspecified atom stereocenters. The highest BCUT2D eigenvalue weighted by molar-refractivity contribution is 7.80. The van der Waals surface area contributed by atoms with Crippen LogP contribution in [0, 0.1) is 5.82 Å². The number of halogens is 1. The molecular weight excluding hydrogens is 329 g/mol. The van der Waals surface area contributed by atoms with Crippen molar-refractivity contribution in [3.8, 4) is 11.5 Å². The second-order valence-electron chi connectivity index (χ2n) is 4.84. The summed E-state index contributed by atoms with van der Waals surface area (Å²) in [7, 11) is 3.01. The number of rotatable bonds is 5. The van der Waals surface area contributed by atoms with Crippen LogP contribution in [0.2, 0.25) is 0 Å². The maximum Gasteiger partial charge on any atom is 0.191 e. The molecule has 0 saturated carbocycles. The summed E-state index contributed by atoms with van der Waals surface area (Å²) >= 11 is 5.19. The summed E-state index contributed by atoms with van der Waals surface area (Å²) < 4.78 is 23.8. The molecule has 0 radical (unpaired) electrons. The lowest BCUT2D eigenvalue weighted by Gasteiger charge is -2.09. The first-order valence-corrected chi connectivity index (χ1v) is 7.53. The Morgan fingerprint density at radius 1 is 1.12 bits per heavy atom. The SMILES string of the molecule is COc1cccc(NC(=S)N/N=C(/C)c2ccc(OC)c(F)c2)c1. The molecule has 2 aromatic rings. The third kappa shape index (κ3) is 4.66. The van der Waals surface area contributed by atoms with Crippen molar-refractivity contribution in [3.63, 3.8) is 0 Å². The zero-order chi connectivity index (χ0) is 17.5. The van der Waals surface area contributed by atoms with Crippen LogP contribution in [0.15, 0.2) is 47.6 Å². The van der Waals surface area contributed by atoms with Crippen molar-refractivity contribution < 1.29 is 13.9 Å². The van der Waals surface area contributed by atoms with Crippen LogP contribution >= 0.6 is 12.2 Å². The number of benzene rings is 2. The van der Waals surface area contributed by atoms with E-state index in [4.69, 9.17) is 21.7 Å². The number of nitrogens with one attached hydrogen (secondary N) is 2. The molecule has 0 aromatic heterocycles. The van der Waals surface area contributed by atoms with E-state index >= 15 is 0 Å². The molecule has 2 rings (SSSR count). The molecule has 0 amide bonds. The largest absolute Gasteiger partial charge is 0.497 e. The topological polar surface area (TPSA) is 54.9 Å². The number of methoxy groups -OCH3 is 2. The van der Waals surface area contributed by atoms with Crippen molar-refractivity contribution in [2.24, 2.45) is 5.10 Å². The molecule has 0 spiro atoms. The molecule has 0 bridgehead atoms. The van der Waals surface area contributed by atoms with Gasteiger partial charge in [-0.1, -0.05) is 6.07 Å². The molecule has 7 heteroatoms. The molecule has 2 aromatic carbocycles. The average molecular weight is 347 g/mol. The summed E-state index contributed by atoms with van der Waals surface area (Å²) in [4.78, 5) is 0. The van der Waals surface area contributed by atoms with Crippen LogP contribution in [0.4, 0.5) is 10.1 Å². The van der Waals surface area contributed by atoms with E-state index < -0.39 is 5.82 Å². The lowest BCUT2D eigenvalue weighted by molar-refractivity contribution is 0.386. The third-order valence-corrected chi connectivity index (χ3v) is 3.42. The predicted octanol–water partition coefficient (Wildman–Crippen LogP) is 3.55. The quantitative estimate of drug-likeness (QED) is 0.492. The van der Waals surface area contributed by atoms with Crippen LogP contribution in [-0.2, 0) is 0 Å². The zero-order valence-corrected chi connectivity index (χ0v) is 14.4. The molecule has 2 N–H and O–H groups in total. The normalized spacial score (nSPS) is 10.9. The van der Waals surface area contributed by atoms with Gasteiger partial charge in [-0.25, -0.2) is 4.39 Å². The summed E-state index contributed by atoms with van der Waals surface area (Å²) in [5.74, 6) is 0.465. The Kier molecular flexibility index (Phi) is 6.08. The number of hydrazone groups is 1. The minimum Gasteiger partial charge on any atom is -0.497 e. The van der Waals surface area contributed by atoms with Crippen molar-refractivity contribution in [1.82, 2.24) is 5.43 Å². The first kappa shape index (κ1) is 17.7. The Morgan fingerprint density at radius 3 is 2.58 bits per heavy atom. The van der Waals surface area contributed by atoms with Crippen molar-refractivity contribution in [2.45, 2.75) is 6.92 Å². The van der Waals surface area contributed by atoms with E-state index in [1.54, 1.807) is 26.2 Å². The molecule has 0 aliphatic heterocycles. The average Bonchev–Trinajstić information content (AvgIpc) is 2.59. The van der Waals surface area contributed by atoms with Gasteiger partial charge < -0.3 is 14.8 Å². The highest BCUT2D eigenvalue weighted by atomic mass is 32.1. The number of ether oxygens (including phenoxy) is 2. The van der Waals surface area contributed by atoms with Crippen molar-refractivity contribution in [3.05, 3.63) is 53.8 Å². The molecule has 0 heterocycles.